The second kappa shape index (κ2) is 9.03. The predicted molar refractivity (Wildman–Crippen MR) is 103 cm³/mol. The van der Waals surface area contributed by atoms with Crippen molar-refractivity contribution in [2.45, 2.75) is 12.6 Å². The number of alkyl halides is 3. The van der Waals surface area contributed by atoms with Gasteiger partial charge in [0.2, 0.25) is 11.6 Å². The molecule has 0 aliphatic heterocycles. The average molecular weight is 466 g/mol. The van der Waals surface area contributed by atoms with Gasteiger partial charge >= 0.3 is 6.18 Å². The standard InChI is InChI=1S/C19H11ClF3N5O4/c1-31-18-10(8-29)4-12(27-28-18)6-14-25-16(19(21,22)23)15(17(30)26-14)32-13-3-9(7-24)2-11(20)5-13/h2-5,8H,6H2,1H3,(H,25,26,30). The zero-order valence-electron chi connectivity index (χ0n) is 16.0. The van der Waals surface area contributed by atoms with Gasteiger partial charge in [-0.2, -0.15) is 23.5 Å². The molecule has 0 saturated heterocycles. The summed E-state index contributed by atoms with van der Waals surface area (Å²) in [6.07, 6.45) is -4.98. The molecule has 9 nitrogen and oxygen atoms in total. The molecule has 0 unspecified atom stereocenters. The summed E-state index contributed by atoms with van der Waals surface area (Å²) in [5.74, 6) is -1.84. The highest BCUT2D eigenvalue weighted by molar-refractivity contribution is 6.30. The van der Waals surface area contributed by atoms with Crippen molar-refractivity contribution in [2.75, 3.05) is 7.11 Å². The van der Waals surface area contributed by atoms with Crippen LogP contribution in [0, 0.1) is 11.3 Å². The van der Waals surface area contributed by atoms with Crippen LogP contribution in [0.15, 0.2) is 29.1 Å². The van der Waals surface area contributed by atoms with E-state index in [1.54, 1.807) is 6.07 Å². The molecule has 3 rings (SSSR count). The van der Waals surface area contributed by atoms with Crippen LogP contribution >= 0.6 is 11.6 Å². The zero-order chi connectivity index (χ0) is 23.5. The molecule has 2 heterocycles. The molecular formula is C19H11ClF3N5O4. The van der Waals surface area contributed by atoms with Crippen LogP contribution in [0.3, 0.4) is 0 Å². The number of halogens is 4. The summed E-state index contributed by atoms with van der Waals surface area (Å²) in [5, 5.41) is 16.4. The number of aromatic nitrogens is 4. The van der Waals surface area contributed by atoms with E-state index in [0.717, 1.165) is 12.1 Å². The van der Waals surface area contributed by atoms with E-state index in [1.807, 2.05) is 0 Å². The third-order valence-electron chi connectivity index (χ3n) is 3.92. The summed E-state index contributed by atoms with van der Waals surface area (Å²) in [4.78, 5) is 29.2. The Morgan fingerprint density at radius 1 is 1.25 bits per heavy atom. The van der Waals surface area contributed by atoms with Crippen LogP contribution in [0.1, 0.15) is 33.1 Å². The summed E-state index contributed by atoms with van der Waals surface area (Å²) >= 11 is 5.82. The van der Waals surface area contributed by atoms with E-state index in [9.17, 15) is 22.8 Å². The summed E-state index contributed by atoms with van der Waals surface area (Å²) in [6.45, 7) is 0. The molecule has 32 heavy (non-hydrogen) atoms. The number of hydrogen-bond donors (Lipinski definition) is 1. The molecule has 164 valence electrons. The molecule has 0 saturated carbocycles. The summed E-state index contributed by atoms with van der Waals surface area (Å²) < 4.78 is 50.8. The minimum absolute atomic E-state index is 0.0186. The van der Waals surface area contributed by atoms with Crippen molar-refractivity contribution in [3.8, 4) is 23.4 Å². The Labute approximate surface area is 182 Å². The molecule has 0 aliphatic rings. The fourth-order valence-electron chi connectivity index (χ4n) is 2.62. The van der Waals surface area contributed by atoms with E-state index >= 15 is 0 Å². The van der Waals surface area contributed by atoms with Crippen molar-refractivity contribution in [3.05, 3.63) is 68.0 Å². The molecule has 1 N–H and O–H groups in total. The first-order valence-electron chi connectivity index (χ1n) is 8.59. The van der Waals surface area contributed by atoms with Crippen LogP contribution in [0.2, 0.25) is 5.02 Å². The van der Waals surface area contributed by atoms with Crippen LogP contribution in [-0.4, -0.2) is 33.6 Å². The molecular weight excluding hydrogens is 455 g/mol. The van der Waals surface area contributed by atoms with Gasteiger partial charge in [-0.15, -0.1) is 5.10 Å². The lowest BCUT2D eigenvalue weighted by atomic mass is 10.2. The van der Waals surface area contributed by atoms with Crippen LogP contribution in [0.25, 0.3) is 0 Å². The van der Waals surface area contributed by atoms with E-state index in [-0.39, 0.29) is 39.9 Å². The Morgan fingerprint density at radius 2 is 2.00 bits per heavy atom. The number of H-pyrrole nitrogens is 1. The topological polar surface area (TPSA) is 131 Å². The van der Waals surface area contributed by atoms with Crippen molar-refractivity contribution < 1.29 is 27.4 Å². The molecule has 0 radical (unpaired) electrons. The van der Waals surface area contributed by atoms with Gasteiger partial charge in [-0.05, 0) is 24.3 Å². The number of hydrogen-bond acceptors (Lipinski definition) is 8. The molecule has 13 heteroatoms. The highest BCUT2D eigenvalue weighted by Gasteiger charge is 2.39. The summed E-state index contributed by atoms with van der Waals surface area (Å²) in [6, 6.07) is 6.55. The van der Waals surface area contributed by atoms with Gasteiger partial charge in [0, 0.05) is 5.02 Å². The number of methoxy groups -OCH3 is 1. The van der Waals surface area contributed by atoms with Gasteiger partial charge in [0.1, 0.15) is 11.6 Å². The quantitative estimate of drug-likeness (QED) is 0.548. The lowest BCUT2D eigenvalue weighted by Crippen LogP contribution is -2.22. The number of nitriles is 1. The van der Waals surface area contributed by atoms with E-state index < -0.39 is 29.0 Å². The number of aromatic amines is 1. The predicted octanol–water partition coefficient (Wildman–Crippen LogP) is 3.31. The van der Waals surface area contributed by atoms with E-state index in [2.05, 4.69) is 20.2 Å². The molecule has 3 aromatic rings. The first kappa shape index (κ1) is 22.7. The zero-order valence-corrected chi connectivity index (χ0v) is 16.8. The average Bonchev–Trinajstić information content (AvgIpc) is 2.74. The molecule has 0 bridgehead atoms. The lowest BCUT2D eigenvalue weighted by Gasteiger charge is -2.14. The fourth-order valence-corrected chi connectivity index (χ4v) is 2.85. The minimum atomic E-state index is -5.05. The Kier molecular flexibility index (Phi) is 6.40. The number of rotatable bonds is 6. The van der Waals surface area contributed by atoms with Crippen molar-refractivity contribution in [1.29, 1.82) is 5.26 Å². The highest BCUT2D eigenvalue weighted by Crippen LogP contribution is 2.35. The maximum Gasteiger partial charge on any atom is 0.437 e. The van der Waals surface area contributed by atoms with Crippen LogP contribution in [0.5, 0.6) is 17.4 Å². The van der Waals surface area contributed by atoms with Gasteiger partial charge in [0.15, 0.2) is 12.0 Å². The number of nitrogens with one attached hydrogen (secondary N) is 1. The number of ether oxygens (including phenoxy) is 2. The maximum atomic E-state index is 13.6. The third kappa shape index (κ3) is 5.01. The van der Waals surface area contributed by atoms with Crippen LogP contribution in [-0.2, 0) is 12.6 Å². The number of aldehydes is 1. The Hall–Kier alpha value is -3.98. The SMILES string of the molecule is COc1nnc(Cc2nc(C(F)(F)F)c(Oc3cc(Cl)cc(C#N)c3)c(=O)[nH]2)cc1C=O. The number of nitrogens with zero attached hydrogens (tertiary/aromatic N) is 4. The fraction of sp³-hybridized carbons (Fsp3) is 0.158. The molecule has 0 spiro atoms. The Bertz CT molecular complexity index is 1290. The smallest absolute Gasteiger partial charge is 0.437 e. The van der Waals surface area contributed by atoms with Gasteiger partial charge in [-0.1, -0.05) is 11.6 Å². The van der Waals surface area contributed by atoms with Crippen LogP contribution < -0.4 is 15.0 Å². The molecule has 0 fully saturated rings. The number of carbonyl (C=O) groups is 1. The van der Waals surface area contributed by atoms with Crippen molar-refractivity contribution >= 4 is 17.9 Å². The van der Waals surface area contributed by atoms with E-state index in [4.69, 9.17) is 26.3 Å². The van der Waals surface area contributed by atoms with Crippen molar-refractivity contribution in [3.63, 3.8) is 0 Å². The number of carbonyl (C=O) groups excluding carboxylic acids is 1. The largest absolute Gasteiger partial charge is 0.479 e. The maximum absolute atomic E-state index is 13.6. The highest BCUT2D eigenvalue weighted by atomic mass is 35.5. The first-order valence-corrected chi connectivity index (χ1v) is 8.97. The molecule has 0 aliphatic carbocycles. The normalized spacial score (nSPS) is 11.0. The van der Waals surface area contributed by atoms with Gasteiger partial charge in [-0.3, -0.25) is 9.59 Å². The second-order valence-corrected chi connectivity index (χ2v) is 6.61. The van der Waals surface area contributed by atoms with Gasteiger partial charge in [0.25, 0.3) is 5.56 Å². The van der Waals surface area contributed by atoms with Gasteiger partial charge in [0.05, 0.1) is 36.4 Å². The van der Waals surface area contributed by atoms with E-state index in [0.29, 0.717) is 6.29 Å². The Balaban J connectivity index is 2.03. The molecule has 0 atom stereocenters. The number of benzene rings is 1. The monoisotopic (exact) mass is 465 g/mol. The summed E-state index contributed by atoms with van der Waals surface area (Å²) in [5.41, 5.74) is -2.72. The third-order valence-corrected chi connectivity index (χ3v) is 4.14. The summed E-state index contributed by atoms with van der Waals surface area (Å²) in [7, 11) is 1.27. The van der Waals surface area contributed by atoms with Crippen LogP contribution in [0.4, 0.5) is 13.2 Å². The molecule has 2 aromatic heterocycles. The van der Waals surface area contributed by atoms with Gasteiger partial charge < -0.3 is 14.5 Å². The lowest BCUT2D eigenvalue weighted by molar-refractivity contribution is -0.142. The van der Waals surface area contributed by atoms with Crippen molar-refractivity contribution in [2.24, 2.45) is 0 Å². The second-order valence-electron chi connectivity index (χ2n) is 6.17. The van der Waals surface area contributed by atoms with Gasteiger partial charge in [-0.25, -0.2) is 4.98 Å². The Morgan fingerprint density at radius 3 is 2.62 bits per heavy atom. The molecule has 0 amide bonds. The van der Waals surface area contributed by atoms with E-state index in [1.165, 1.54) is 19.2 Å². The molecule has 1 aromatic carbocycles. The minimum Gasteiger partial charge on any atom is -0.479 e. The first-order chi connectivity index (χ1) is 15.1. The van der Waals surface area contributed by atoms with Crippen molar-refractivity contribution in [1.82, 2.24) is 20.2 Å².